The monoisotopic (exact) mass is 327 g/mol. The van der Waals surface area contributed by atoms with Crippen LogP contribution in [0.15, 0.2) is 34.9 Å². The van der Waals surface area contributed by atoms with Gasteiger partial charge >= 0.3 is 5.97 Å². The predicted molar refractivity (Wildman–Crippen MR) is 89.2 cm³/mol. The van der Waals surface area contributed by atoms with Gasteiger partial charge in [-0.2, -0.15) is 0 Å². The molecule has 1 N–H and O–H groups in total. The first kappa shape index (κ1) is 16.3. The molecule has 0 radical (unpaired) electrons. The molecule has 1 saturated heterocycles. The quantitative estimate of drug-likeness (QED) is 0.936. The molecule has 1 aromatic heterocycles. The molecule has 1 unspecified atom stereocenters. The van der Waals surface area contributed by atoms with Crippen LogP contribution in [-0.2, 0) is 11.2 Å². The molecule has 126 valence electrons. The minimum Gasteiger partial charge on any atom is -0.481 e. The number of carbonyl (C=O) groups excluding carboxylic acids is 1. The number of likely N-dealkylation sites (tertiary alicyclic amines) is 1. The average Bonchev–Trinajstić information content (AvgIpc) is 3.14. The Hall–Kier alpha value is -2.56. The Labute approximate surface area is 140 Å². The van der Waals surface area contributed by atoms with E-state index in [0.29, 0.717) is 30.1 Å². The van der Waals surface area contributed by atoms with Crippen LogP contribution in [0.4, 0.5) is 0 Å². The van der Waals surface area contributed by atoms with Gasteiger partial charge in [-0.25, -0.2) is 0 Å². The molecule has 1 atom stereocenters. The summed E-state index contributed by atoms with van der Waals surface area (Å²) in [4.78, 5) is 25.6. The Morgan fingerprint density at radius 2 is 2.00 bits per heavy atom. The zero-order chi connectivity index (χ0) is 17.3. The second-order valence-corrected chi connectivity index (χ2v) is 6.38. The summed E-state index contributed by atoms with van der Waals surface area (Å²) in [5.74, 6) is -0.569. The lowest BCUT2D eigenvalue weighted by Crippen LogP contribution is -2.29. The van der Waals surface area contributed by atoms with Crippen LogP contribution in [0.25, 0.3) is 0 Å². The van der Waals surface area contributed by atoms with E-state index in [2.05, 4.69) is 19.1 Å². The third-order valence-electron chi connectivity index (χ3n) is 4.68. The van der Waals surface area contributed by atoms with E-state index < -0.39 is 5.97 Å². The Morgan fingerprint density at radius 1 is 1.25 bits per heavy atom. The number of carboxylic acids is 1. The SMILES string of the molecule is Cc1ccccc1C1CCN(C(=O)c2c(C)coc2CC(=O)O)C1. The molecule has 1 aromatic carbocycles. The van der Waals surface area contributed by atoms with Gasteiger partial charge in [0.2, 0.25) is 0 Å². The topological polar surface area (TPSA) is 70.8 Å². The molecule has 5 nitrogen and oxygen atoms in total. The first-order valence-corrected chi connectivity index (χ1v) is 8.11. The van der Waals surface area contributed by atoms with E-state index in [1.165, 1.54) is 17.4 Å². The molecule has 1 fully saturated rings. The van der Waals surface area contributed by atoms with E-state index in [9.17, 15) is 9.59 Å². The van der Waals surface area contributed by atoms with E-state index >= 15 is 0 Å². The maximum atomic E-state index is 12.9. The highest BCUT2D eigenvalue weighted by molar-refractivity contribution is 5.97. The number of amides is 1. The summed E-state index contributed by atoms with van der Waals surface area (Å²) in [6, 6.07) is 8.25. The van der Waals surface area contributed by atoms with Crippen molar-refractivity contribution in [2.75, 3.05) is 13.1 Å². The smallest absolute Gasteiger partial charge is 0.311 e. The molecule has 1 amide bonds. The molecular formula is C19H21NO4. The number of rotatable bonds is 4. The fraction of sp³-hybridized carbons (Fsp3) is 0.368. The normalized spacial score (nSPS) is 17.2. The van der Waals surface area contributed by atoms with Gasteiger partial charge in [-0.15, -0.1) is 0 Å². The molecule has 0 saturated carbocycles. The molecule has 5 heteroatoms. The number of hydrogen-bond donors (Lipinski definition) is 1. The predicted octanol–water partition coefficient (Wildman–Crippen LogP) is 3.15. The number of nitrogens with zero attached hydrogens (tertiary/aromatic N) is 1. The number of carboxylic acid groups (broad SMARTS) is 1. The van der Waals surface area contributed by atoms with Gasteiger partial charge in [0.25, 0.3) is 5.91 Å². The second kappa shape index (κ2) is 6.51. The van der Waals surface area contributed by atoms with Gasteiger partial charge in [-0.3, -0.25) is 9.59 Å². The number of aliphatic carboxylic acids is 1. The standard InChI is InChI=1S/C19H21NO4/c1-12-5-3-4-6-15(12)14-7-8-20(10-14)19(23)18-13(2)11-24-16(18)9-17(21)22/h3-6,11,14H,7-10H2,1-2H3,(H,21,22). The van der Waals surface area contributed by atoms with Crippen LogP contribution in [0.5, 0.6) is 0 Å². The molecule has 1 aliphatic rings. The zero-order valence-corrected chi connectivity index (χ0v) is 13.9. The van der Waals surface area contributed by atoms with Crippen LogP contribution in [-0.4, -0.2) is 35.0 Å². The average molecular weight is 327 g/mol. The van der Waals surface area contributed by atoms with Crippen LogP contribution < -0.4 is 0 Å². The van der Waals surface area contributed by atoms with Crippen LogP contribution in [0.3, 0.4) is 0 Å². The van der Waals surface area contributed by atoms with Crippen molar-refractivity contribution in [2.24, 2.45) is 0 Å². The van der Waals surface area contributed by atoms with Gasteiger partial charge in [0.15, 0.2) is 0 Å². The highest BCUT2D eigenvalue weighted by Crippen LogP contribution is 2.31. The third kappa shape index (κ3) is 3.07. The van der Waals surface area contributed by atoms with Gasteiger partial charge in [0.1, 0.15) is 12.2 Å². The summed E-state index contributed by atoms with van der Waals surface area (Å²) in [5, 5.41) is 8.98. The highest BCUT2D eigenvalue weighted by atomic mass is 16.4. The second-order valence-electron chi connectivity index (χ2n) is 6.38. The van der Waals surface area contributed by atoms with Gasteiger partial charge in [0.05, 0.1) is 11.8 Å². The van der Waals surface area contributed by atoms with E-state index in [4.69, 9.17) is 9.52 Å². The minimum absolute atomic E-state index is 0.131. The number of aryl methyl sites for hydroxylation is 2. The Bertz CT molecular complexity index is 777. The zero-order valence-electron chi connectivity index (χ0n) is 13.9. The van der Waals surface area contributed by atoms with Crippen molar-refractivity contribution in [3.63, 3.8) is 0 Å². The molecule has 2 heterocycles. The summed E-state index contributed by atoms with van der Waals surface area (Å²) >= 11 is 0. The van der Waals surface area contributed by atoms with Crippen LogP contribution in [0, 0.1) is 13.8 Å². The summed E-state index contributed by atoms with van der Waals surface area (Å²) in [5.41, 5.74) is 3.61. The van der Waals surface area contributed by atoms with E-state index in [-0.39, 0.29) is 18.1 Å². The summed E-state index contributed by atoms with van der Waals surface area (Å²) < 4.78 is 5.29. The van der Waals surface area contributed by atoms with E-state index in [0.717, 1.165) is 6.42 Å². The van der Waals surface area contributed by atoms with Crippen molar-refractivity contribution in [1.82, 2.24) is 4.90 Å². The van der Waals surface area contributed by atoms with Crippen molar-refractivity contribution in [2.45, 2.75) is 32.6 Å². The Kier molecular flexibility index (Phi) is 4.42. The number of furan rings is 1. The van der Waals surface area contributed by atoms with Gasteiger partial charge in [-0.1, -0.05) is 24.3 Å². The number of carbonyl (C=O) groups is 2. The highest BCUT2D eigenvalue weighted by Gasteiger charge is 2.31. The fourth-order valence-electron chi connectivity index (χ4n) is 3.45. The molecule has 1 aliphatic heterocycles. The molecule has 0 bridgehead atoms. The van der Waals surface area contributed by atoms with Gasteiger partial charge < -0.3 is 14.4 Å². The fourth-order valence-corrected chi connectivity index (χ4v) is 3.45. The number of hydrogen-bond acceptors (Lipinski definition) is 3. The van der Waals surface area contributed by atoms with Crippen LogP contribution >= 0.6 is 0 Å². The number of benzene rings is 1. The Balaban J connectivity index is 1.79. The maximum absolute atomic E-state index is 12.9. The van der Waals surface area contributed by atoms with Crippen molar-refractivity contribution >= 4 is 11.9 Å². The van der Waals surface area contributed by atoms with Crippen molar-refractivity contribution in [3.8, 4) is 0 Å². The van der Waals surface area contributed by atoms with Crippen LogP contribution in [0.1, 0.15) is 45.1 Å². The molecule has 3 rings (SSSR count). The van der Waals surface area contributed by atoms with Crippen LogP contribution in [0.2, 0.25) is 0 Å². The summed E-state index contributed by atoms with van der Waals surface area (Å²) in [6.07, 6.45) is 2.10. The molecule has 2 aromatic rings. The van der Waals surface area contributed by atoms with E-state index in [1.807, 2.05) is 12.1 Å². The lowest BCUT2D eigenvalue weighted by atomic mass is 9.94. The Morgan fingerprint density at radius 3 is 2.71 bits per heavy atom. The summed E-state index contributed by atoms with van der Waals surface area (Å²) in [6.45, 7) is 5.19. The summed E-state index contributed by atoms with van der Waals surface area (Å²) in [7, 11) is 0. The van der Waals surface area contributed by atoms with Gasteiger partial charge in [0, 0.05) is 24.6 Å². The largest absolute Gasteiger partial charge is 0.481 e. The lowest BCUT2D eigenvalue weighted by molar-refractivity contribution is -0.136. The first-order chi connectivity index (χ1) is 11.5. The minimum atomic E-state index is -1.00. The van der Waals surface area contributed by atoms with E-state index in [1.54, 1.807) is 11.8 Å². The molecule has 0 spiro atoms. The van der Waals surface area contributed by atoms with Crippen molar-refractivity contribution in [1.29, 1.82) is 0 Å². The first-order valence-electron chi connectivity index (χ1n) is 8.11. The maximum Gasteiger partial charge on any atom is 0.311 e. The molecule has 0 aliphatic carbocycles. The van der Waals surface area contributed by atoms with Crippen molar-refractivity contribution in [3.05, 3.63) is 58.5 Å². The van der Waals surface area contributed by atoms with Crippen molar-refractivity contribution < 1.29 is 19.1 Å². The van der Waals surface area contributed by atoms with Gasteiger partial charge in [-0.05, 0) is 31.4 Å². The molecular weight excluding hydrogens is 306 g/mol. The lowest BCUT2D eigenvalue weighted by Gasteiger charge is -2.18. The third-order valence-corrected chi connectivity index (χ3v) is 4.68. The molecule has 24 heavy (non-hydrogen) atoms.